The number of carbonyl (C=O) groups excluding carboxylic acids is 2. The highest BCUT2D eigenvalue weighted by Gasteiger charge is 2.35. The second-order valence-electron chi connectivity index (χ2n) is 7.96. The van der Waals surface area contributed by atoms with Crippen LogP contribution in [0.15, 0.2) is 34.9 Å². The summed E-state index contributed by atoms with van der Waals surface area (Å²) in [6, 6.07) is 7.46. The molecular formula is C26H34N2O4. The minimum atomic E-state index is -0.503. The standard InChI is InChI=1S/C26H34N2O4/c1-5-7-9-10-14-28-25(29)21(19(3)22(18-27)26(28)30)16-20-12-13-23(24(17-20)31-4)32-15-11-8-6-2/h12-13,16-17H,5-11,14-15H2,1-4H3/b21-16+. The number of amides is 2. The number of nitrogens with zero attached hydrogens (tertiary/aromatic N) is 2. The lowest BCUT2D eigenvalue weighted by Crippen LogP contribution is -2.43. The Morgan fingerprint density at radius 2 is 1.72 bits per heavy atom. The van der Waals surface area contributed by atoms with Crippen LogP contribution in [-0.4, -0.2) is 37.0 Å². The van der Waals surface area contributed by atoms with E-state index in [0.29, 0.717) is 35.8 Å². The van der Waals surface area contributed by atoms with Gasteiger partial charge in [-0.05, 0) is 49.1 Å². The zero-order valence-electron chi connectivity index (χ0n) is 19.7. The molecule has 0 atom stereocenters. The summed E-state index contributed by atoms with van der Waals surface area (Å²) in [7, 11) is 1.58. The molecule has 1 aliphatic heterocycles. The largest absolute Gasteiger partial charge is 0.493 e. The lowest BCUT2D eigenvalue weighted by molar-refractivity contribution is -0.140. The predicted octanol–water partition coefficient (Wildman–Crippen LogP) is 5.44. The number of imide groups is 1. The number of hydrogen-bond acceptors (Lipinski definition) is 5. The maximum atomic E-state index is 13.1. The SMILES string of the molecule is CCCCCCN1C(=O)C(C#N)=C(C)/C(=C\c2ccc(OCCCCC)c(OC)c2)C1=O. The average Bonchev–Trinajstić information content (AvgIpc) is 2.79. The summed E-state index contributed by atoms with van der Waals surface area (Å²) in [5.74, 6) is 0.367. The summed E-state index contributed by atoms with van der Waals surface area (Å²) in [6.45, 7) is 6.83. The molecular weight excluding hydrogens is 404 g/mol. The molecule has 0 radical (unpaired) electrons. The Labute approximate surface area is 191 Å². The highest BCUT2D eigenvalue weighted by molar-refractivity contribution is 6.19. The molecule has 0 unspecified atom stereocenters. The smallest absolute Gasteiger partial charge is 0.271 e. The Kier molecular flexibility index (Phi) is 10.0. The predicted molar refractivity (Wildman–Crippen MR) is 125 cm³/mol. The summed E-state index contributed by atoms with van der Waals surface area (Å²) in [5.41, 5.74) is 1.53. The summed E-state index contributed by atoms with van der Waals surface area (Å²) in [6.07, 6.45) is 8.70. The van der Waals surface area contributed by atoms with Gasteiger partial charge in [0.2, 0.25) is 0 Å². The number of hydrogen-bond donors (Lipinski definition) is 0. The first-order valence-corrected chi connectivity index (χ1v) is 11.5. The first-order chi connectivity index (χ1) is 15.5. The van der Waals surface area contributed by atoms with Crippen molar-refractivity contribution in [1.29, 1.82) is 5.26 Å². The molecule has 32 heavy (non-hydrogen) atoms. The van der Waals surface area contributed by atoms with Gasteiger partial charge in [-0.3, -0.25) is 14.5 Å². The molecule has 1 aliphatic rings. The topological polar surface area (TPSA) is 79.6 Å². The van der Waals surface area contributed by atoms with Gasteiger partial charge in [-0.25, -0.2) is 0 Å². The van der Waals surface area contributed by atoms with Crippen molar-refractivity contribution in [1.82, 2.24) is 4.90 Å². The van der Waals surface area contributed by atoms with Crippen molar-refractivity contribution in [3.63, 3.8) is 0 Å². The molecule has 0 aromatic heterocycles. The minimum absolute atomic E-state index is 0.0224. The van der Waals surface area contributed by atoms with Gasteiger partial charge in [0.05, 0.1) is 13.7 Å². The van der Waals surface area contributed by atoms with E-state index in [-0.39, 0.29) is 11.5 Å². The van der Waals surface area contributed by atoms with Crippen molar-refractivity contribution in [3.05, 3.63) is 40.5 Å². The average molecular weight is 439 g/mol. The summed E-state index contributed by atoms with van der Waals surface area (Å²) < 4.78 is 11.3. The third kappa shape index (κ3) is 6.23. The maximum Gasteiger partial charge on any atom is 0.271 e. The van der Waals surface area contributed by atoms with Crippen molar-refractivity contribution in [2.45, 2.75) is 65.7 Å². The van der Waals surface area contributed by atoms with E-state index in [9.17, 15) is 14.9 Å². The monoisotopic (exact) mass is 438 g/mol. The van der Waals surface area contributed by atoms with Crippen LogP contribution < -0.4 is 9.47 Å². The van der Waals surface area contributed by atoms with Gasteiger partial charge in [0.25, 0.3) is 11.8 Å². The van der Waals surface area contributed by atoms with Gasteiger partial charge in [0.1, 0.15) is 11.6 Å². The van der Waals surface area contributed by atoms with Crippen molar-refractivity contribution in [2.24, 2.45) is 0 Å². The van der Waals surface area contributed by atoms with Crippen molar-refractivity contribution in [2.75, 3.05) is 20.3 Å². The second-order valence-corrected chi connectivity index (χ2v) is 7.96. The third-order valence-electron chi connectivity index (χ3n) is 5.56. The number of unbranched alkanes of at least 4 members (excludes halogenated alkanes) is 5. The van der Waals surface area contributed by atoms with Gasteiger partial charge in [0, 0.05) is 12.1 Å². The molecule has 1 heterocycles. The van der Waals surface area contributed by atoms with Crippen LogP contribution in [0.2, 0.25) is 0 Å². The fourth-order valence-corrected chi connectivity index (χ4v) is 3.62. The van der Waals surface area contributed by atoms with Crippen LogP contribution in [0.3, 0.4) is 0 Å². The van der Waals surface area contributed by atoms with Crippen LogP contribution in [0.1, 0.15) is 71.3 Å². The van der Waals surface area contributed by atoms with E-state index in [0.717, 1.165) is 50.5 Å². The van der Waals surface area contributed by atoms with Gasteiger partial charge < -0.3 is 9.47 Å². The second kappa shape index (κ2) is 12.7. The molecule has 0 aliphatic carbocycles. The molecule has 2 rings (SSSR count). The van der Waals surface area contributed by atoms with E-state index in [1.807, 2.05) is 18.2 Å². The molecule has 1 aromatic carbocycles. The molecule has 0 fully saturated rings. The Morgan fingerprint density at radius 1 is 1.00 bits per heavy atom. The van der Waals surface area contributed by atoms with E-state index < -0.39 is 5.91 Å². The number of nitriles is 1. The highest BCUT2D eigenvalue weighted by Crippen LogP contribution is 2.32. The fraction of sp³-hybridized carbons (Fsp3) is 0.500. The summed E-state index contributed by atoms with van der Waals surface area (Å²) in [5, 5.41) is 9.54. The number of rotatable bonds is 12. The van der Waals surface area contributed by atoms with Crippen molar-refractivity contribution < 1.29 is 19.1 Å². The van der Waals surface area contributed by atoms with Gasteiger partial charge >= 0.3 is 0 Å². The number of carbonyl (C=O) groups is 2. The highest BCUT2D eigenvalue weighted by atomic mass is 16.5. The lowest BCUT2D eigenvalue weighted by atomic mass is 9.93. The lowest BCUT2D eigenvalue weighted by Gasteiger charge is -2.27. The Balaban J connectivity index is 2.31. The molecule has 2 amide bonds. The molecule has 0 saturated heterocycles. The molecule has 0 bridgehead atoms. The van der Waals surface area contributed by atoms with Crippen molar-refractivity contribution >= 4 is 17.9 Å². The normalized spacial score (nSPS) is 15.3. The Bertz CT molecular complexity index is 924. The first-order valence-electron chi connectivity index (χ1n) is 11.5. The quantitative estimate of drug-likeness (QED) is 0.247. The van der Waals surface area contributed by atoms with Crippen LogP contribution in [-0.2, 0) is 9.59 Å². The minimum Gasteiger partial charge on any atom is -0.493 e. The molecule has 1 aromatic rings. The molecule has 0 N–H and O–H groups in total. The van der Waals surface area contributed by atoms with Gasteiger partial charge in [-0.2, -0.15) is 5.26 Å². The molecule has 172 valence electrons. The van der Waals surface area contributed by atoms with Crippen LogP contribution in [0.5, 0.6) is 11.5 Å². The fourth-order valence-electron chi connectivity index (χ4n) is 3.62. The molecule has 6 nitrogen and oxygen atoms in total. The molecule has 0 spiro atoms. The van der Waals surface area contributed by atoms with Gasteiger partial charge in [-0.1, -0.05) is 52.0 Å². The van der Waals surface area contributed by atoms with Crippen LogP contribution >= 0.6 is 0 Å². The van der Waals surface area contributed by atoms with Crippen molar-refractivity contribution in [3.8, 4) is 17.6 Å². The van der Waals surface area contributed by atoms with Crippen LogP contribution in [0, 0.1) is 11.3 Å². The number of ether oxygens (including phenoxy) is 2. The van der Waals surface area contributed by atoms with Gasteiger partial charge in [-0.15, -0.1) is 0 Å². The van der Waals surface area contributed by atoms with E-state index in [4.69, 9.17) is 9.47 Å². The summed E-state index contributed by atoms with van der Waals surface area (Å²) >= 11 is 0. The number of benzene rings is 1. The molecule has 0 saturated carbocycles. The van der Waals surface area contributed by atoms with E-state index in [2.05, 4.69) is 13.8 Å². The van der Waals surface area contributed by atoms with E-state index >= 15 is 0 Å². The molecule has 6 heteroatoms. The third-order valence-corrected chi connectivity index (χ3v) is 5.56. The maximum absolute atomic E-state index is 13.1. The van der Waals surface area contributed by atoms with E-state index in [1.54, 1.807) is 26.2 Å². The zero-order chi connectivity index (χ0) is 23.5. The van der Waals surface area contributed by atoms with E-state index in [1.165, 1.54) is 4.90 Å². The number of methoxy groups -OCH3 is 1. The summed E-state index contributed by atoms with van der Waals surface area (Å²) in [4.78, 5) is 27.0. The Morgan fingerprint density at radius 3 is 2.38 bits per heavy atom. The van der Waals surface area contributed by atoms with Crippen LogP contribution in [0.4, 0.5) is 0 Å². The zero-order valence-corrected chi connectivity index (χ0v) is 19.7. The Hall–Kier alpha value is -3.07. The van der Waals surface area contributed by atoms with Gasteiger partial charge in [0.15, 0.2) is 11.5 Å². The first kappa shape index (κ1) is 25.2. The van der Waals surface area contributed by atoms with Crippen LogP contribution in [0.25, 0.3) is 6.08 Å².